The van der Waals surface area contributed by atoms with E-state index in [9.17, 15) is 24.3 Å². The number of nitrogens with one attached hydrogen (secondary N) is 1. The molecule has 0 heterocycles. The van der Waals surface area contributed by atoms with Crippen molar-refractivity contribution in [2.24, 2.45) is 0 Å². The van der Waals surface area contributed by atoms with Crippen LogP contribution in [-0.2, 0) is 19.2 Å². The molecule has 2 unspecified atom stereocenters. The molecule has 10 heteroatoms. The van der Waals surface area contributed by atoms with E-state index >= 15 is 0 Å². The Morgan fingerprint density at radius 1 is 0.971 bits per heavy atom. The first-order valence-electron chi connectivity index (χ1n) is 10.5. The number of aliphatic carboxylic acids is 1. The van der Waals surface area contributed by atoms with Gasteiger partial charge in [-0.25, -0.2) is 4.79 Å². The number of carboxylic acid groups (broad SMARTS) is 1. The number of ether oxygens (including phenoxy) is 3. The maximum atomic E-state index is 11.7. The Balaban J connectivity index is 2.54. The average molecular weight is 502 g/mol. The van der Waals surface area contributed by atoms with Crippen LogP contribution in [0.4, 0.5) is 0 Å². The van der Waals surface area contributed by atoms with Gasteiger partial charge in [0.1, 0.15) is 11.8 Å². The minimum atomic E-state index is -1.17. The maximum absolute atomic E-state index is 11.7. The lowest BCUT2D eigenvalue weighted by atomic mass is 10.1. The van der Waals surface area contributed by atoms with Gasteiger partial charge in [0, 0.05) is 38.2 Å². The van der Waals surface area contributed by atoms with Crippen molar-refractivity contribution < 1.29 is 38.5 Å². The first-order chi connectivity index (χ1) is 16.6. The summed E-state index contributed by atoms with van der Waals surface area (Å²) in [4.78, 5) is 46.3. The van der Waals surface area contributed by atoms with Crippen LogP contribution in [0.3, 0.4) is 0 Å². The molecule has 0 bridgehead atoms. The zero-order chi connectivity index (χ0) is 26.0. The van der Waals surface area contributed by atoms with Crippen molar-refractivity contribution in [2.45, 2.75) is 32.1 Å². The standard InChI is InChI=1S/C25H27NO8S/c1-15(27)26-20(25(30)31)14-35-24(11-10-18-8-6-5-7-9-18)19-12-22(33-16(2)28)23(34-17(3)29)13-21(19)32-4/h5-13,20,24H,14H2,1-4H3,(H,26,27)(H,30,31)/b11-10+. The number of thioether (sulfide) groups is 1. The SMILES string of the molecule is COc1cc(OC(C)=O)c(OC(C)=O)cc1C(/C=C/c1ccccc1)SCC(NC(C)=O)C(=O)O. The van der Waals surface area contributed by atoms with Crippen LogP contribution in [0.1, 0.15) is 37.1 Å². The highest BCUT2D eigenvalue weighted by molar-refractivity contribution is 7.99. The van der Waals surface area contributed by atoms with Crippen molar-refractivity contribution >= 4 is 41.7 Å². The van der Waals surface area contributed by atoms with Gasteiger partial charge in [-0.2, -0.15) is 0 Å². The smallest absolute Gasteiger partial charge is 0.327 e. The molecule has 35 heavy (non-hydrogen) atoms. The maximum Gasteiger partial charge on any atom is 0.327 e. The Hall–Kier alpha value is -3.79. The molecule has 2 N–H and O–H groups in total. The zero-order valence-electron chi connectivity index (χ0n) is 19.8. The van der Waals surface area contributed by atoms with Crippen molar-refractivity contribution in [1.82, 2.24) is 5.32 Å². The van der Waals surface area contributed by atoms with Crippen molar-refractivity contribution in [3.63, 3.8) is 0 Å². The summed E-state index contributed by atoms with van der Waals surface area (Å²) in [7, 11) is 1.43. The number of rotatable bonds is 11. The number of benzene rings is 2. The molecular formula is C25H27NO8S. The van der Waals surface area contributed by atoms with E-state index < -0.39 is 35.1 Å². The minimum Gasteiger partial charge on any atom is -0.496 e. The van der Waals surface area contributed by atoms with Gasteiger partial charge >= 0.3 is 17.9 Å². The summed E-state index contributed by atoms with van der Waals surface area (Å²) in [5.74, 6) is -2.47. The van der Waals surface area contributed by atoms with Crippen LogP contribution in [0.15, 0.2) is 48.5 Å². The fourth-order valence-electron chi connectivity index (χ4n) is 3.06. The van der Waals surface area contributed by atoms with E-state index in [1.165, 1.54) is 51.8 Å². The third kappa shape index (κ3) is 8.82. The van der Waals surface area contributed by atoms with Gasteiger partial charge in [0.2, 0.25) is 5.91 Å². The van der Waals surface area contributed by atoms with E-state index in [2.05, 4.69) is 5.32 Å². The van der Waals surface area contributed by atoms with Crippen LogP contribution in [0, 0.1) is 0 Å². The van der Waals surface area contributed by atoms with Gasteiger partial charge in [-0.05, 0) is 11.6 Å². The van der Waals surface area contributed by atoms with E-state index in [0.717, 1.165) is 5.56 Å². The number of hydrogen-bond donors (Lipinski definition) is 2. The molecule has 0 saturated carbocycles. The molecular weight excluding hydrogens is 474 g/mol. The van der Waals surface area contributed by atoms with Gasteiger partial charge < -0.3 is 24.6 Å². The molecule has 2 aromatic rings. The fourth-order valence-corrected chi connectivity index (χ4v) is 4.24. The monoisotopic (exact) mass is 501 g/mol. The molecule has 2 aromatic carbocycles. The second-order valence-corrected chi connectivity index (χ2v) is 8.52. The number of esters is 2. The number of carbonyl (C=O) groups excluding carboxylic acids is 3. The predicted molar refractivity (Wildman–Crippen MR) is 132 cm³/mol. The van der Waals surface area contributed by atoms with Crippen LogP contribution in [-0.4, -0.2) is 47.8 Å². The van der Waals surface area contributed by atoms with Gasteiger partial charge in [-0.3, -0.25) is 14.4 Å². The molecule has 0 aliphatic heterocycles. The van der Waals surface area contributed by atoms with Crippen LogP contribution < -0.4 is 19.5 Å². The van der Waals surface area contributed by atoms with E-state index in [1.54, 1.807) is 0 Å². The molecule has 0 aliphatic carbocycles. The second-order valence-electron chi connectivity index (χ2n) is 7.34. The summed E-state index contributed by atoms with van der Waals surface area (Å²) >= 11 is 1.24. The van der Waals surface area contributed by atoms with Crippen molar-refractivity contribution in [2.75, 3.05) is 12.9 Å². The topological polar surface area (TPSA) is 128 Å². The van der Waals surface area contributed by atoms with Crippen LogP contribution in [0.5, 0.6) is 17.2 Å². The van der Waals surface area contributed by atoms with Gasteiger partial charge in [0.25, 0.3) is 0 Å². The molecule has 186 valence electrons. The van der Waals surface area contributed by atoms with E-state index in [-0.39, 0.29) is 17.3 Å². The predicted octanol–water partition coefficient (Wildman–Crippen LogP) is 3.62. The fraction of sp³-hybridized carbons (Fsp3) is 0.280. The largest absolute Gasteiger partial charge is 0.496 e. The van der Waals surface area contributed by atoms with Crippen molar-refractivity contribution in [3.8, 4) is 17.2 Å². The Bertz CT molecular complexity index is 1100. The lowest BCUT2D eigenvalue weighted by Gasteiger charge is -2.21. The lowest BCUT2D eigenvalue weighted by molar-refractivity contribution is -0.140. The molecule has 9 nitrogen and oxygen atoms in total. The molecule has 0 radical (unpaired) electrons. The summed E-state index contributed by atoms with van der Waals surface area (Å²) in [6, 6.07) is 11.3. The normalized spacial score (nSPS) is 12.5. The molecule has 2 atom stereocenters. The first-order valence-corrected chi connectivity index (χ1v) is 11.6. The molecule has 0 aliphatic rings. The summed E-state index contributed by atoms with van der Waals surface area (Å²) < 4.78 is 16.0. The number of hydrogen-bond acceptors (Lipinski definition) is 8. The highest BCUT2D eigenvalue weighted by Crippen LogP contribution is 2.43. The van der Waals surface area contributed by atoms with Crippen LogP contribution in [0.2, 0.25) is 0 Å². The summed E-state index contributed by atoms with van der Waals surface area (Å²) in [6.07, 6.45) is 3.70. The molecule has 2 rings (SSSR count). The number of amides is 1. The van der Waals surface area contributed by atoms with Crippen LogP contribution >= 0.6 is 11.8 Å². The average Bonchev–Trinajstić information content (AvgIpc) is 2.79. The quantitative estimate of drug-likeness (QED) is 0.350. The molecule has 0 fully saturated rings. The lowest BCUT2D eigenvalue weighted by Crippen LogP contribution is -2.41. The van der Waals surface area contributed by atoms with E-state index in [0.29, 0.717) is 11.3 Å². The Morgan fingerprint density at radius 3 is 2.09 bits per heavy atom. The third-order valence-corrected chi connectivity index (χ3v) is 5.79. The number of carboxylic acids is 1. The minimum absolute atomic E-state index is 0.00532. The van der Waals surface area contributed by atoms with E-state index in [1.807, 2.05) is 42.5 Å². The zero-order valence-corrected chi connectivity index (χ0v) is 20.6. The van der Waals surface area contributed by atoms with E-state index in [4.69, 9.17) is 14.2 Å². The third-order valence-electron chi connectivity index (χ3n) is 4.49. The Kier molecular flexibility index (Phi) is 10.3. The van der Waals surface area contributed by atoms with Gasteiger partial charge in [0.15, 0.2) is 11.5 Å². The summed E-state index contributed by atoms with van der Waals surface area (Å²) in [6.45, 7) is 3.68. The van der Waals surface area contributed by atoms with Crippen LogP contribution in [0.25, 0.3) is 6.08 Å². The summed E-state index contributed by atoms with van der Waals surface area (Å²) in [5.41, 5.74) is 1.45. The number of carbonyl (C=O) groups is 4. The molecule has 0 aromatic heterocycles. The Labute approximate surface area is 207 Å². The molecule has 0 spiro atoms. The highest BCUT2D eigenvalue weighted by atomic mass is 32.2. The Morgan fingerprint density at radius 2 is 1.57 bits per heavy atom. The summed E-state index contributed by atoms with van der Waals surface area (Å²) in [5, 5.41) is 11.4. The second kappa shape index (κ2) is 13.2. The number of methoxy groups -OCH3 is 1. The van der Waals surface area contributed by atoms with Crippen molar-refractivity contribution in [1.29, 1.82) is 0 Å². The van der Waals surface area contributed by atoms with Gasteiger partial charge in [-0.1, -0.05) is 42.5 Å². The first kappa shape index (κ1) is 27.5. The molecule has 0 saturated heterocycles. The highest BCUT2D eigenvalue weighted by Gasteiger charge is 2.25. The van der Waals surface area contributed by atoms with Gasteiger partial charge in [-0.15, -0.1) is 11.8 Å². The van der Waals surface area contributed by atoms with Crippen molar-refractivity contribution in [3.05, 3.63) is 59.7 Å². The van der Waals surface area contributed by atoms with Gasteiger partial charge in [0.05, 0.1) is 12.4 Å². The molecule has 1 amide bonds.